The van der Waals surface area contributed by atoms with Crippen LogP contribution in [0.1, 0.15) is 25.8 Å². The molecule has 0 saturated carbocycles. The molecule has 2 atom stereocenters. The average molecular weight is 280 g/mol. The van der Waals surface area contributed by atoms with Gasteiger partial charge in [0.1, 0.15) is 11.5 Å². The third-order valence-electron chi connectivity index (χ3n) is 3.44. The zero-order valence-corrected chi connectivity index (χ0v) is 11.9. The Bertz CT molecular complexity index is 516. The van der Waals surface area contributed by atoms with Gasteiger partial charge < -0.3 is 14.6 Å². The summed E-state index contributed by atoms with van der Waals surface area (Å²) in [7, 11) is 1.54. The largest absolute Gasteiger partial charge is 0.497 e. The molecule has 0 aromatic heterocycles. The number of nitrogens with zero attached hydrogens (tertiary/aromatic N) is 1. The van der Waals surface area contributed by atoms with E-state index in [4.69, 9.17) is 15.2 Å². The predicted molar refractivity (Wildman–Crippen MR) is 74.7 cm³/mol. The molecule has 1 aliphatic rings. The first-order chi connectivity index (χ1) is 9.40. The molecule has 1 heterocycles. The van der Waals surface area contributed by atoms with Crippen molar-refractivity contribution in [3.05, 3.63) is 23.8 Å². The number of carbonyl (C=O) groups excluding carboxylic acids is 1. The van der Waals surface area contributed by atoms with E-state index in [0.717, 1.165) is 0 Å². The van der Waals surface area contributed by atoms with Crippen LogP contribution in [-0.2, 0) is 10.5 Å². The predicted octanol–water partition coefficient (Wildman–Crippen LogP) is 1.55. The van der Waals surface area contributed by atoms with Crippen molar-refractivity contribution >= 4 is 11.8 Å². The molecule has 1 aromatic carbocycles. The smallest absolute Gasteiger partial charge is 0.414 e. The topological polar surface area (TPSA) is 85.0 Å². The molecule has 0 saturated heterocycles. The lowest BCUT2D eigenvalue weighted by atomic mass is 9.89. The summed E-state index contributed by atoms with van der Waals surface area (Å²) in [5.74, 6) is 0.586. The fraction of sp³-hybridized carbons (Fsp3) is 0.500. The van der Waals surface area contributed by atoms with Gasteiger partial charge >= 0.3 is 6.09 Å². The Kier molecular flexibility index (Phi) is 3.87. The first-order valence-corrected chi connectivity index (χ1v) is 6.56. The van der Waals surface area contributed by atoms with Crippen LogP contribution in [0.4, 0.5) is 10.5 Å². The molecule has 20 heavy (non-hydrogen) atoms. The Balaban J connectivity index is 2.53. The molecule has 2 rings (SSSR count). The van der Waals surface area contributed by atoms with Crippen molar-refractivity contribution in [2.75, 3.05) is 18.6 Å². The average Bonchev–Trinajstić information content (AvgIpc) is 2.37. The van der Waals surface area contributed by atoms with Crippen molar-refractivity contribution in [1.29, 1.82) is 0 Å². The van der Waals surface area contributed by atoms with Gasteiger partial charge in [0.15, 0.2) is 0 Å². The number of aliphatic hydroxyl groups is 1. The number of amides is 1. The van der Waals surface area contributed by atoms with Crippen LogP contribution in [0, 0.1) is 0 Å². The van der Waals surface area contributed by atoms with E-state index in [0.29, 0.717) is 17.0 Å². The number of methoxy groups -OCH3 is 1. The van der Waals surface area contributed by atoms with E-state index in [9.17, 15) is 9.90 Å². The van der Waals surface area contributed by atoms with Crippen LogP contribution in [0.3, 0.4) is 0 Å². The zero-order chi connectivity index (χ0) is 14.9. The number of ether oxygens (including phenoxy) is 2. The maximum atomic E-state index is 12.1. The molecular formula is C14H20N2O4. The van der Waals surface area contributed by atoms with E-state index in [1.165, 1.54) is 12.0 Å². The van der Waals surface area contributed by atoms with E-state index < -0.39 is 11.8 Å². The number of carbonyl (C=O) groups is 1. The minimum Gasteiger partial charge on any atom is -0.497 e. The maximum absolute atomic E-state index is 12.1. The molecule has 1 aromatic rings. The van der Waals surface area contributed by atoms with Crippen LogP contribution in [-0.4, -0.2) is 31.0 Å². The summed E-state index contributed by atoms with van der Waals surface area (Å²) in [6.45, 7) is 3.85. The Morgan fingerprint density at radius 3 is 2.90 bits per heavy atom. The number of hydrogen-bond acceptors (Lipinski definition) is 5. The molecule has 110 valence electrons. The molecule has 0 fully saturated rings. The highest BCUT2D eigenvalue weighted by atomic mass is 16.6. The molecule has 0 radical (unpaired) electrons. The van der Waals surface area contributed by atoms with Crippen molar-refractivity contribution in [2.24, 2.45) is 5.73 Å². The molecule has 2 unspecified atom stereocenters. The normalized spacial score (nSPS) is 25.1. The van der Waals surface area contributed by atoms with E-state index in [2.05, 4.69) is 0 Å². The van der Waals surface area contributed by atoms with Gasteiger partial charge in [-0.25, -0.2) is 4.79 Å². The molecule has 6 nitrogen and oxygen atoms in total. The van der Waals surface area contributed by atoms with Gasteiger partial charge in [-0.15, -0.1) is 0 Å². The first kappa shape index (κ1) is 14.6. The Labute approximate surface area is 118 Å². The Hall–Kier alpha value is -1.79. The second kappa shape index (κ2) is 5.30. The molecule has 1 amide bonds. The van der Waals surface area contributed by atoms with E-state index in [1.54, 1.807) is 25.1 Å². The van der Waals surface area contributed by atoms with E-state index in [-0.39, 0.29) is 19.1 Å². The number of fused-ring (bicyclic) bond motifs is 1. The lowest BCUT2D eigenvalue weighted by molar-refractivity contribution is 0.0225. The van der Waals surface area contributed by atoms with Gasteiger partial charge in [-0.2, -0.15) is 0 Å². The summed E-state index contributed by atoms with van der Waals surface area (Å²) in [4.78, 5) is 13.6. The molecule has 0 aliphatic carbocycles. The number of nitrogens with two attached hydrogens (primary N) is 1. The van der Waals surface area contributed by atoms with Crippen molar-refractivity contribution in [1.82, 2.24) is 0 Å². The fourth-order valence-electron chi connectivity index (χ4n) is 2.56. The van der Waals surface area contributed by atoms with Gasteiger partial charge in [-0.1, -0.05) is 0 Å². The molecule has 6 heteroatoms. The highest BCUT2D eigenvalue weighted by molar-refractivity contribution is 5.90. The highest BCUT2D eigenvalue weighted by Gasteiger charge is 2.41. The van der Waals surface area contributed by atoms with Crippen LogP contribution in [0.5, 0.6) is 5.75 Å². The van der Waals surface area contributed by atoms with Crippen LogP contribution in [0.2, 0.25) is 0 Å². The molecule has 0 spiro atoms. The summed E-state index contributed by atoms with van der Waals surface area (Å²) in [6, 6.07) is 4.78. The lowest BCUT2D eigenvalue weighted by Gasteiger charge is -2.41. The number of rotatable bonds is 2. The lowest BCUT2D eigenvalue weighted by Crippen LogP contribution is -2.52. The summed E-state index contributed by atoms with van der Waals surface area (Å²) in [5, 5.41) is 10.3. The molecule has 3 N–H and O–H groups in total. The summed E-state index contributed by atoms with van der Waals surface area (Å²) >= 11 is 0. The van der Waals surface area contributed by atoms with Crippen molar-refractivity contribution in [3.8, 4) is 5.75 Å². The zero-order valence-electron chi connectivity index (χ0n) is 11.9. The van der Waals surface area contributed by atoms with Crippen LogP contribution in [0.25, 0.3) is 0 Å². The number of benzene rings is 1. The van der Waals surface area contributed by atoms with Crippen molar-refractivity contribution in [2.45, 2.75) is 32.0 Å². The van der Waals surface area contributed by atoms with Gasteiger partial charge in [0.25, 0.3) is 0 Å². The van der Waals surface area contributed by atoms with Gasteiger partial charge in [-0.3, -0.25) is 10.6 Å². The minimum absolute atomic E-state index is 0.241. The standard InChI is InChI=1S/C14H20N2O4/c1-4-20-13(17)16-9(2)8-14(15,18)11-6-5-10(19-3)7-12(11)16/h5-7,9,18H,4,8,15H2,1-3H3. The Morgan fingerprint density at radius 1 is 1.60 bits per heavy atom. The van der Waals surface area contributed by atoms with E-state index >= 15 is 0 Å². The maximum Gasteiger partial charge on any atom is 0.414 e. The quantitative estimate of drug-likeness (QED) is 0.803. The summed E-state index contributed by atoms with van der Waals surface area (Å²) in [5.41, 5.74) is 5.49. The molecular weight excluding hydrogens is 260 g/mol. The molecule has 1 aliphatic heterocycles. The van der Waals surface area contributed by atoms with Gasteiger partial charge in [-0.05, 0) is 26.0 Å². The van der Waals surface area contributed by atoms with E-state index in [1.807, 2.05) is 6.92 Å². The van der Waals surface area contributed by atoms with Crippen LogP contribution in [0.15, 0.2) is 18.2 Å². The summed E-state index contributed by atoms with van der Waals surface area (Å²) in [6.07, 6.45) is -0.212. The third kappa shape index (κ3) is 2.44. The monoisotopic (exact) mass is 280 g/mol. The number of anilines is 1. The van der Waals surface area contributed by atoms with Crippen LogP contribution >= 0.6 is 0 Å². The first-order valence-electron chi connectivity index (χ1n) is 6.56. The van der Waals surface area contributed by atoms with Gasteiger partial charge in [0.05, 0.1) is 19.4 Å². The van der Waals surface area contributed by atoms with Crippen LogP contribution < -0.4 is 15.4 Å². The SMILES string of the molecule is CCOC(=O)N1c2cc(OC)ccc2C(N)(O)CC1C. The Morgan fingerprint density at radius 2 is 2.30 bits per heavy atom. The summed E-state index contributed by atoms with van der Waals surface area (Å²) < 4.78 is 10.2. The van der Waals surface area contributed by atoms with Crippen molar-refractivity contribution in [3.63, 3.8) is 0 Å². The minimum atomic E-state index is -1.47. The third-order valence-corrected chi connectivity index (χ3v) is 3.44. The number of hydrogen-bond donors (Lipinski definition) is 2. The van der Waals surface area contributed by atoms with Gasteiger partial charge in [0, 0.05) is 24.1 Å². The fourth-order valence-corrected chi connectivity index (χ4v) is 2.56. The molecule has 0 bridgehead atoms. The van der Waals surface area contributed by atoms with Gasteiger partial charge in [0.2, 0.25) is 0 Å². The second-order valence-electron chi connectivity index (χ2n) is 4.93. The second-order valence-corrected chi connectivity index (χ2v) is 4.93. The van der Waals surface area contributed by atoms with Crippen molar-refractivity contribution < 1.29 is 19.4 Å². The highest BCUT2D eigenvalue weighted by Crippen LogP contribution is 2.40.